The van der Waals surface area contributed by atoms with Crippen molar-refractivity contribution in [2.75, 3.05) is 12.0 Å². The van der Waals surface area contributed by atoms with E-state index in [1.54, 1.807) is 11.8 Å². The maximum Gasteiger partial charge on any atom is 0.243 e. The van der Waals surface area contributed by atoms with Gasteiger partial charge in [0.05, 0.1) is 0 Å². The van der Waals surface area contributed by atoms with E-state index in [0.29, 0.717) is 6.42 Å². The van der Waals surface area contributed by atoms with E-state index in [2.05, 4.69) is 10.6 Å². The molecule has 0 aromatic heterocycles. The van der Waals surface area contributed by atoms with E-state index >= 15 is 0 Å². The number of hydrogen-bond acceptors (Lipinski definition) is 4. The van der Waals surface area contributed by atoms with E-state index in [9.17, 15) is 14.4 Å². The number of thioether (sulfide) groups is 1. The molecule has 7 heteroatoms. The monoisotopic (exact) mass is 261 g/mol. The van der Waals surface area contributed by atoms with Gasteiger partial charge in [-0.05, 0) is 25.4 Å². The van der Waals surface area contributed by atoms with E-state index in [-0.39, 0.29) is 11.8 Å². The van der Waals surface area contributed by atoms with Crippen molar-refractivity contribution in [3.63, 3.8) is 0 Å². The number of nitrogens with one attached hydrogen (secondary N) is 2. The molecule has 0 rings (SSSR count). The molecule has 3 amide bonds. The first-order chi connectivity index (χ1) is 7.88. The molecule has 0 aromatic rings. The van der Waals surface area contributed by atoms with Crippen molar-refractivity contribution in [3.8, 4) is 0 Å². The van der Waals surface area contributed by atoms with Crippen molar-refractivity contribution in [2.24, 2.45) is 5.73 Å². The molecule has 0 saturated carbocycles. The Hall–Kier alpha value is -1.24. The molecule has 98 valence electrons. The average molecular weight is 261 g/mol. The lowest BCUT2D eigenvalue weighted by Gasteiger charge is -2.19. The summed E-state index contributed by atoms with van der Waals surface area (Å²) in [4.78, 5) is 33.5. The molecule has 17 heavy (non-hydrogen) atoms. The average Bonchev–Trinajstić information content (AvgIpc) is 2.23. The minimum Gasteiger partial charge on any atom is -0.368 e. The third kappa shape index (κ3) is 6.83. The quantitative estimate of drug-likeness (QED) is 0.560. The number of carbonyl (C=O) groups is 3. The van der Waals surface area contributed by atoms with E-state index in [0.717, 1.165) is 5.75 Å². The topological polar surface area (TPSA) is 101 Å². The van der Waals surface area contributed by atoms with Gasteiger partial charge in [-0.1, -0.05) is 0 Å². The summed E-state index contributed by atoms with van der Waals surface area (Å²) < 4.78 is 0. The van der Waals surface area contributed by atoms with Crippen molar-refractivity contribution in [1.82, 2.24) is 10.6 Å². The van der Waals surface area contributed by atoms with Gasteiger partial charge in [-0.2, -0.15) is 11.8 Å². The molecule has 0 bridgehead atoms. The number of hydrogen-bond donors (Lipinski definition) is 3. The third-order valence-electron chi connectivity index (χ3n) is 2.09. The van der Waals surface area contributed by atoms with Gasteiger partial charge in [0.15, 0.2) is 0 Å². The van der Waals surface area contributed by atoms with Gasteiger partial charge in [-0.25, -0.2) is 0 Å². The molecular formula is C10H19N3O3S. The fraction of sp³-hybridized carbons (Fsp3) is 0.700. The largest absolute Gasteiger partial charge is 0.368 e. The molecule has 4 N–H and O–H groups in total. The van der Waals surface area contributed by atoms with Crippen LogP contribution in [0, 0.1) is 0 Å². The van der Waals surface area contributed by atoms with Crippen LogP contribution in [0.2, 0.25) is 0 Å². The number of primary amides is 1. The first kappa shape index (κ1) is 15.8. The van der Waals surface area contributed by atoms with E-state index in [4.69, 9.17) is 5.73 Å². The Balaban J connectivity index is 4.40. The molecular weight excluding hydrogens is 242 g/mol. The molecule has 6 nitrogen and oxygen atoms in total. The molecule has 0 radical (unpaired) electrons. The predicted molar refractivity (Wildman–Crippen MR) is 67.4 cm³/mol. The van der Waals surface area contributed by atoms with Crippen LogP contribution in [-0.4, -0.2) is 41.8 Å². The van der Waals surface area contributed by atoms with Gasteiger partial charge >= 0.3 is 0 Å². The van der Waals surface area contributed by atoms with Crippen LogP contribution in [0.15, 0.2) is 0 Å². The van der Waals surface area contributed by atoms with Crippen LogP contribution in [0.1, 0.15) is 20.3 Å². The SMILES string of the molecule is CSCC[C@@H](NC(C)=O)C(=O)N[C@H](C)C(N)=O. The normalized spacial score (nSPS) is 13.6. The Morgan fingerprint density at radius 3 is 2.29 bits per heavy atom. The molecule has 0 spiro atoms. The molecule has 0 aromatic carbocycles. The van der Waals surface area contributed by atoms with Crippen molar-refractivity contribution in [1.29, 1.82) is 0 Å². The molecule has 0 saturated heterocycles. The van der Waals surface area contributed by atoms with Gasteiger partial charge in [0.1, 0.15) is 12.1 Å². The Bertz CT molecular complexity index is 297. The second-order valence-corrected chi connectivity index (χ2v) is 4.65. The summed E-state index contributed by atoms with van der Waals surface area (Å²) in [5, 5.41) is 5.00. The summed E-state index contributed by atoms with van der Waals surface area (Å²) in [6.45, 7) is 2.84. The lowest BCUT2D eigenvalue weighted by molar-refractivity contribution is -0.130. The molecule has 0 aliphatic rings. The van der Waals surface area contributed by atoms with Crippen LogP contribution in [0.5, 0.6) is 0 Å². The fourth-order valence-corrected chi connectivity index (χ4v) is 1.61. The van der Waals surface area contributed by atoms with Crippen LogP contribution in [0.25, 0.3) is 0 Å². The standard InChI is InChI=1S/C10H19N3O3S/c1-6(9(11)15)12-10(16)8(4-5-17-3)13-7(2)14/h6,8H,4-5H2,1-3H3,(H2,11,15)(H,12,16)(H,13,14)/t6-,8-/m1/s1. The maximum absolute atomic E-state index is 11.8. The number of carbonyl (C=O) groups excluding carboxylic acids is 3. The zero-order valence-corrected chi connectivity index (χ0v) is 11.1. The summed E-state index contributed by atoms with van der Waals surface area (Å²) in [5.41, 5.74) is 5.04. The Morgan fingerprint density at radius 2 is 1.88 bits per heavy atom. The summed E-state index contributed by atoms with van der Waals surface area (Å²) in [6.07, 6.45) is 2.42. The van der Waals surface area contributed by atoms with Gasteiger partial charge in [0.25, 0.3) is 0 Å². The lowest BCUT2D eigenvalue weighted by atomic mass is 10.2. The predicted octanol–water partition coefficient (Wildman–Crippen LogP) is -0.766. The van der Waals surface area contributed by atoms with Crippen molar-refractivity contribution < 1.29 is 14.4 Å². The van der Waals surface area contributed by atoms with Crippen molar-refractivity contribution >= 4 is 29.5 Å². The second-order valence-electron chi connectivity index (χ2n) is 3.67. The van der Waals surface area contributed by atoms with Gasteiger partial charge in [-0.15, -0.1) is 0 Å². The highest BCUT2D eigenvalue weighted by Crippen LogP contribution is 2.01. The van der Waals surface area contributed by atoms with E-state index in [1.165, 1.54) is 13.8 Å². The summed E-state index contributed by atoms with van der Waals surface area (Å²) in [6, 6.07) is -1.37. The second kappa shape index (κ2) is 7.94. The van der Waals surface area contributed by atoms with E-state index < -0.39 is 18.0 Å². The van der Waals surface area contributed by atoms with Gasteiger partial charge < -0.3 is 16.4 Å². The minimum atomic E-state index is -0.743. The molecule has 0 aliphatic heterocycles. The fourth-order valence-electron chi connectivity index (χ4n) is 1.13. The van der Waals surface area contributed by atoms with E-state index in [1.807, 2.05) is 6.26 Å². The van der Waals surface area contributed by atoms with Crippen LogP contribution < -0.4 is 16.4 Å². The zero-order valence-electron chi connectivity index (χ0n) is 10.3. The van der Waals surface area contributed by atoms with Gasteiger partial charge in [-0.3, -0.25) is 14.4 Å². The Morgan fingerprint density at radius 1 is 1.29 bits per heavy atom. The van der Waals surface area contributed by atoms with Crippen LogP contribution in [0.4, 0.5) is 0 Å². The highest BCUT2D eigenvalue weighted by molar-refractivity contribution is 7.98. The first-order valence-corrected chi connectivity index (χ1v) is 6.63. The summed E-state index contributed by atoms with van der Waals surface area (Å²) in [7, 11) is 0. The van der Waals surface area contributed by atoms with Crippen molar-refractivity contribution in [3.05, 3.63) is 0 Å². The molecule has 0 unspecified atom stereocenters. The lowest BCUT2D eigenvalue weighted by Crippen LogP contribution is -2.51. The molecule has 0 heterocycles. The van der Waals surface area contributed by atoms with Gasteiger partial charge in [0.2, 0.25) is 17.7 Å². The van der Waals surface area contributed by atoms with Crippen LogP contribution in [0.3, 0.4) is 0 Å². The molecule has 0 aliphatic carbocycles. The van der Waals surface area contributed by atoms with Gasteiger partial charge in [0, 0.05) is 6.92 Å². The number of nitrogens with two attached hydrogens (primary N) is 1. The smallest absolute Gasteiger partial charge is 0.243 e. The Labute approximate surface area is 105 Å². The number of amides is 3. The number of rotatable bonds is 7. The highest BCUT2D eigenvalue weighted by atomic mass is 32.2. The molecule has 0 fully saturated rings. The van der Waals surface area contributed by atoms with Crippen LogP contribution >= 0.6 is 11.8 Å². The first-order valence-electron chi connectivity index (χ1n) is 5.24. The minimum absolute atomic E-state index is 0.280. The zero-order chi connectivity index (χ0) is 13.4. The summed E-state index contributed by atoms with van der Waals surface area (Å²) in [5.74, 6) is -0.535. The molecule has 2 atom stereocenters. The summed E-state index contributed by atoms with van der Waals surface area (Å²) >= 11 is 1.58. The Kier molecular flexibility index (Phi) is 7.36. The van der Waals surface area contributed by atoms with Crippen molar-refractivity contribution in [2.45, 2.75) is 32.4 Å². The third-order valence-corrected chi connectivity index (χ3v) is 2.73. The maximum atomic E-state index is 11.8. The van der Waals surface area contributed by atoms with Crippen LogP contribution in [-0.2, 0) is 14.4 Å². The highest BCUT2D eigenvalue weighted by Gasteiger charge is 2.21.